The van der Waals surface area contributed by atoms with Gasteiger partial charge in [-0.15, -0.1) is 0 Å². The van der Waals surface area contributed by atoms with Crippen molar-refractivity contribution in [3.63, 3.8) is 0 Å². The van der Waals surface area contributed by atoms with Crippen LogP contribution < -0.4 is 9.47 Å². The molecule has 0 unspecified atom stereocenters. The normalized spacial score (nSPS) is 14.3. The Balaban J connectivity index is 1.47. The smallest absolute Gasteiger partial charge is 0.407 e. The van der Waals surface area contributed by atoms with Crippen LogP contribution in [0.2, 0.25) is 0 Å². The average molecular weight is 425 g/mol. The zero-order valence-electron chi connectivity index (χ0n) is 16.7. The highest BCUT2D eigenvalue weighted by atomic mass is 19.1. The number of rotatable bonds is 5. The number of carbonyl (C=O) groups is 1. The molecule has 1 aromatic carbocycles. The van der Waals surface area contributed by atoms with Gasteiger partial charge in [-0.05, 0) is 24.6 Å². The van der Waals surface area contributed by atoms with Crippen molar-refractivity contribution in [3.05, 3.63) is 54.6 Å². The van der Waals surface area contributed by atoms with Crippen molar-refractivity contribution in [1.82, 2.24) is 24.8 Å². The molecule has 1 N–H and O–H groups in total. The molecule has 31 heavy (non-hydrogen) atoms. The topological polar surface area (TPSA) is 111 Å². The predicted octanol–water partition coefficient (Wildman–Crippen LogP) is 3.69. The third kappa shape index (κ3) is 4.68. The summed E-state index contributed by atoms with van der Waals surface area (Å²) in [6.07, 6.45) is 5.92. The van der Waals surface area contributed by atoms with E-state index in [-0.39, 0.29) is 17.7 Å². The SMILES string of the molecule is Cc1c(Oc2ccc(-c3cncnc3)cc2F)ncnc1OC1CCN(C(=O)O)CC1. The van der Waals surface area contributed by atoms with Gasteiger partial charge in [-0.3, -0.25) is 0 Å². The number of carboxylic acid groups (broad SMARTS) is 1. The fourth-order valence-corrected chi connectivity index (χ4v) is 3.28. The summed E-state index contributed by atoms with van der Waals surface area (Å²) in [5.74, 6) is -0.0223. The lowest BCUT2D eigenvalue weighted by Gasteiger charge is -2.30. The molecule has 0 aliphatic carbocycles. The number of amides is 1. The zero-order chi connectivity index (χ0) is 21.8. The van der Waals surface area contributed by atoms with E-state index >= 15 is 0 Å². The van der Waals surface area contributed by atoms with Crippen molar-refractivity contribution in [2.75, 3.05) is 13.1 Å². The molecule has 1 aliphatic heterocycles. The van der Waals surface area contributed by atoms with Gasteiger partial charge in [0.1, 0.15) is 18.8 Å². The molecule has 4 rings (SSSR count). The molecular formula is C21H20FN5O4. The minimum Gasteiger partial charge on any atom is -0.474 e. The number of hydrogen-bond donors (Lipinski definition) is 1. The Morgan fingerprint density at radius 1 is 1.10 bits per heavy atom. The van der Waals surface area contributed by atoms with Crippen LogP contribution in [0.4, 0.5) is 9.18 Å². The summed E-state index contributed by atoms with van der Waals surface area (Å²) in [6, 6.07) is 4.57. The third-order valence-corrected chi connectivity index (χ3v) is 5.01. The summed E-state index contributed by atoms with van der Waals surface area (Å²) in [4.78, 5) is 28.5. The highest BCUT2D eigenvalue weighted by Crippen LogP contribution is 2.32. The van der Waals surface area contributed by atoms with E-state index < -0.39 is 11.9 Å². The van der Waals surface area contributed by atoms with Gasteiger partial charge >= 0.3 is 6.09 Å². The van der Waals surface area contributed by atoms with E-state index in [0.29, 0.717) is 48.5 Å². The quantitative estimate of drug-likeness (QED) is 0.659. The molecule has 0 bridgehead atoms. The van der Waals surface area contributed by atoms with Gasteiger partial charge in [0.15, 0.2) is 11.6 Å². The first kappa shape index (κ1) is 20.5. The fraction of sp³-hybridized carbons (Fsp3) is 0.286. The Morgan fingerprint density at radius 3 is 2.48 bits per heavy atom. The third-order valence-electron chi connectivity index (χ3n) is 5.01. The van der Waals surface area contributed by atoms with Crippen LogP contribution in [0.5, 0.6) is 17.5 Å². The fourth-order valence-electron chi connectivity index (χ4n) is 3.28. The molecule has 1 saturated heterocycles. The standard InChI is InChI=1S/C21H20FN5O4/c1-13-19(30-16-4-6-27(7-5-16)21(28)29)25-12-26-20(13)31-18-3-2-14(8-17(18)22)15-9-23-11-24-10-15/h2-3,8-12,16H,4-7H2,1H3,(H,28,29). The Morgan fingerprint density at radius 2 is 1.81 bits per heavy atom. The molecule has 160 valence electrons. The van der Waals surface area contributed by atoms with E-state index in [4.69, 9.17) is 14.6 Å². The number of benzene rings is 1. The molecule has 0 radical (unpaired) electrons. The van der Waals surface area contributed by atoms with Crippen molar-refractivity contribution in [2.45, 2.75) is 25.9 Å². The summed E-state index contributed by atoms with van der Waals surface area (Å²) < 4.78 is 26.3. The monoisotopic (exact) mass is 425 g/mol. The minimum atomic E-state index is -0.930. The van der Waals surface area contributed by atoms with Crippen LogP contribution in [0.1, 0.15) is 18.4 Å². The van der Waals surface area contributed by atoms with Crippen LogP contribution in [0.15, 0.2) is 43.2 Å². The lowest BCUT2D eigenvalue weighted by molar-refractivity contribution is 0.0864. The Kier molecular flexibility index (Phi) is 5.87. The molecule has 3 aromatic rings. The lowest BCUT2D eigenvalue weighted by Crippen LogP contribution is -2.41. The maximum Gasteiger partial charge on any atom is 0.407 e. The van der Waals surface area contributed by atoms with Crippen LogP contribution in [-0.2, 0) is 0 Å². The first-order valence-electron chi connectivity index (χ1n) is 9.70. The maximum absolute atomic E-state index is 14.6. The lowest BCUT2D eigenvalue weighted by atomic mass is 10.1. The number of halogens is 1. The van der Waals surface area contributed by atoms with Crippen molar-refractivity contribution >= 4 is 6.09 Å². The highest BCUT2D eigenvalue weighted by molar-refractivity contribution is 5.65. The summed E-state index contributed by atoms with van der Waals surface area (Å²) in [5.41, 5.74) is 1.85. The predicted molar refractivity (Wildman–Crippen MR) is 108 cm³/mol. The van der Waals surface area contributed by atoms with E-state index in [1.807, 2.05) is 0 Å². The number of hydrogen-bond acceptors (Lipinski definition) is 7. The molecule has 0 atom stereocenters. The number of aromatic nitrogens is 4. The van der Waals surface area contributed by atoms with E-state index in [9.17, 15) is 9.18 Å². The number of ether oxygens (including phenoxy) is 2. The summed E-state index contributed by atoms with van der Waals surface area (Å²) in [7, 11) is 0. The van der Waals surface area contributed by atoms with Gasteiger partial charge in [0, 0.05) is 43.9 Å². The second kappa shape index (κ2) is 8.90. The van der Waals surface area contributed by atoms with E-state index in [0.717, 1.165) is 0 Å². The van der Waals surface area contributed by atoms with Gasteiger partial charge in [-0.2, -0.15) is 0 Å². The van der Waals surface area contributed by atoms with Crippen molar-refractivity contribution in [2.24, 2.45) is 0 Å². The molecule has 1 amide bonds. The number of likely N-dealkylation sites (tertiary alicyclic amines) is 1. The Labute approximate surface area is 177 Å². The number of piperidine rings is 1. The molecule has 3 heterocycles. The molecule has 10 heteroatoms. The second-order valence-electron chi connectivity index (χ2n) is 7.07. The summed E-state index contributed by atoms with van der Waals surface area (Å²) in [5, 5.41) is 9.05. The average Bonchev–Trinajstić information content (AvgIpc) is 2.78. The molecule has 1 aliphatic rings. The molecule has 0 saturated carbocycles. The first-order chi connectivity index (χ1) is 15.0. The van der Waals surface area contributed by atoms with Gasteiger partial charge in [0.25, 0.3) is 0 Å². The minimum absolute atomic E-state index is 0.0168. The van der Waals surface area contributed by atoms with Crippen LogP contribution >= 0.6 is 0 Å². The second-order valence-corrected chi connectivity index (χ2v) is 7.07. The molecule has 9 nitrogen and oxygen atoms in total. The van der Waals surface area contributed by atoms with Crippen LogP contribution in [0.3, 0.4) is 0 Å². The molecular weight excluding hydrogens is 405 g/mol. The van der Waals surface area contributed by atoms with E-state index in [1.54, 1.807) is 25.4 Å². The molecule has 1 fully saturated rings. The maximum atomic E-state index is 14.6. The highest BCUT2D eigenvalue weighted by Gasteiger charge is 2.25. The van der Waals surface area contributed by atoms with Gasteiger partial charge in [-0.25, -0.2) is 29.1 Å². The van der Waals surface area contributed by atoms with Crippen LogP contribution in [0, 0.1) is 12.7 Å². The Bertz CT molecular complexity index is 1070. The summed E-state index contributed by atoms with van der Waals surface area (Å²) >= 11 is 0. The Hall–Kier alpha value is -3.82. The van der Waals surface area contributed by atoms with Gasteiger partial charge in [0.2, 0.25) is 11.8 Å². The largest absolute Gasteiger partial charge is 0.474 e. The van der Waals surface area contributed by atoms with Gasteiger partial charge < -0.3 is 19.5 Å². The van der Waals surface area contributed by atoms with E-state index in [1.165, 1.54) is 29.7 Å². The van der Waals surface area contributed by atoms with Crippen molar-refractivity contribution in [3.8, 4) is 28.6 Å². The molecule has 0 spiro atoms. The number of nitrogens with zero attached hydrogens (tertiary/aromatic N) is 5. The zero-order valence-corrected chi connectivity index (χ0v) is 16.7. The van der Waals surface area contributed by atoms with Gasteiger partial charge in [0.05, 0.1) is 5.56 Å². The van der Waals surface area contributed by atoms with Crippen LogP contribution in [0.25, 0.3) is 11.1 Å². The van der Waals surface area contributed by atoms with Gasteiger partial charge in [-0.1, -0.05) is 6.07 Å². The molecule has 2 aromatic heterocycles. The van der Waals surface area contributed by atoms with Crippen molar-refractivity contribution < 1.29 is 23.8 Å². The summed E-state index contributed by atoms with van der Waals surface area (Å²) in [6.45, 7) is 2.53. The van der Waals surface area contributed by atoms with Crippen LogP contribution in [-0.4, -0.2) is 55.2 Å². The first-order valence-corrected chi connectivity index (χ1v) is 9.70. The van der Waals surface area contributed by atoms with Crippen molar-refractivity contribution in [1.29, 1.82) is 0 Å². The van der Waals surface area contributed by atoms with E-state index in [2.05, 4.69) is 19.9 Å².